The maximum atomic E-state index is 14.3. The lowest BCUT2D eigenvalue weighted by Crippen LogP contribution is -2.35. The number of hydrogen-bond acceptors (Lipinski definition) is 10. The van der Waals surface area contributed by atoms with E-state index in [1.165, 1.54) is 14.2 Å². The maximum absolute atomic E-state index is 14.3. The van der Waals surface area contributed by atoms with E-state index >= 15 is 0 Å². The van der Waals surface area contributed by atoms with Crippen molar-refractivity contribution in [2.45, 2.75) is 24.9 Å². The van der Waals surface area contributed by atoms with Gasteiger partial charge >= 0.3 is 0 Å². The number of ether oxygens (including phenoxy) is 4. The van der Waals surface area contributed by atoms with Gasteiger partial charge in [-0.15, -0.1) is 9.45 Å². The van der Waals surface area contributed by atoms with Gasteiger partial charge in [0.2, 0.25) is 0 Å². The van der Waals surface area contributed by atoms with E-state index in [1.807, 2.05) is 6.26 Å². The maximum Gasteiger partial charge on any atom is 0.257 e. The molecular formula is C35H41N4O7PS2. The number of aliphatic imine (C=N–C) groups is 2. The Labute approximate surface area is 294 Å². The standard InChI is InChI=1S/C35H41N4O7PS2/c1-22-12-24-18-36-28-16-32(30(43-3)14-26(28)34(40)38(24)20-22)45-6-8-47(42,10-11-49(5)48)9-7-46-33-17-29-27(15-31(33)44-4)35(41)39-21-23(2)13-25(39)19-37-29/h14-19,24-25H,1-2,6-13,20-21H2,3-5H3/t24-,25-,49?/m0/s1. The molecule has 0 N–H and O–H groups in total. The summed E-state index contributed by atoms with van der Waals surface area (Å²) in [5, 5.41) is 0. The zero-order valence-corrected chi connectivity index (χ0v) is 30.5. The van der Waals surface area contributed by atoms with Gasteiger partial charge in [0.1, 0.15) is 0 Å². The molecule has 0 radical (unpaired) electrons. The van der Waals surface area contributed by atoms with Crippen molar-refractivity contribution in [1.82, 2.24) is 9.80 Å². The summed E-state index contributed by atoms with van der Waals surface area (Å²) in [4.78, 5) is 39.4. The molecule has 0 aliphatic carbocycles. The van der Waals surface area contributed by atoms with Crippen molar-refractivity contribution in [2.24, 2.45) is 9.98 Å². The van der Waals surface area contributed by atoms with Crippen molar-refractivity contribution >= 4 is 63.4 Å². The van der Waals surface area contributed by atoms with Crippen LogP contribution in [-0.4, -0.2) is 117 Å². The van der Waals surface area contributed by atoms with Gasteiger partial charge < -0.3 is 33.3 Å². The largest absolute Gasteiger partial charge is 0.493 e. The summed E-state index contributed by atoms with van der Waals surface area (Å²) in [7, 11) is -0.0629. The number of rotatable bonds is 13. The van der Waals surface area contributed by atoms with Crippen molar-refractivity contribution in [3.63, 3.8) is 0 Å². The van der Waals surface area contributed by atoms with Crippen LogP contribution >= 0.6 is 7.14 Å². The molecule has 3 atom stereocenters. The van der Waals surface area contributed by atoms with Crippen LogP contribution in [0.2, 0.25) is 0 Å². The number of fused-ring (bicyclic) bond motifs is 4. The molecule has 49 heavy (non-hydrogen) atoms. The van der Waals surface area contributed by atoms with Gasteiger partial charge in [-0.2, -0.15) is 0 Å². The number of hydrogen-bond donors (Lipinski definition) is 0. The molecule has 0 aromatic heterocycles. The minimum atomic E-state index is -2.80. The highest BCUT2D eigenvalue weighted by atomic mass is 32.8. The third-order valence-electron chi connectivity index (χ3n) is 9.20. The van der Waals surface area contributed by atoms with Crippen molar-refractivity contribution in [1.29, 1.82) is 0 Å². The Balaban J connectivity index is 1.14. The van der Waals surface area contributed by atoms with E-state index < -0.39 is 7.14 Å². The van der Waals surface area contributed by atoms with Crippen LogP contribution in [0.15, 0.2) is 58.6 Å². The van der Waals surface area contributed by atoms with E-state index in [1.54, 1.807) is 46.5 Å². The zero-order valence-electron chi connectivity index (χ0n) is 28.0. The first-order chi connectivity index (χ1) is 23.5. The van der Waals surface area contributed by atoms with E-state index in [-0.39, 0.29) is 46.6 Å². The van der Waals surface area contributed by atoms with E-state index in [0.29, 0.717) is 95.7 Å². The number of benzene rings is 2. The normalized spacial score (nSPS) is 20.3. The van der Waals surface area contributed by atoms with Crippen molar-refractivity contribution in [2.75, 3.05) is 71.0 Å². The van der Waals surface area contributed by atoms with E-state index in [4.69, 9.17) is 30.1 Å². The first kappa shape index (κ1) is 35.0. The fraction of sp³-hybridized carbons (Fsp3) is 0.429. The topological polar surface area (TPSA) is 119 Å². The molecule has 11 nitrogen and oxygen atoms in total. The summed E-state index contributed by atoms with van der Waals surface area (Å²) in [5.41, 5.74) is 3.88. The Kier molecular flexibility index (Phi) is 10.4. The summed E-state index contributed by atoms with van der Waals surface area (Å²) in [6.07, 6.45) is 7.97. The third-order valence-corrected chi connectivity index (χ3v) is 13.8. The zero-order chi connectivity index (χ0) is 34.9. The summed E-state index contributed by atoms with van der Waals surface area (Å²) < 4.78 is 37.8. The second-order valence-corrected chi connectivity index (χ2v) is 19.4. The molecular weight excluding hydrogens is 684 g/mol. The lowest BCUT2D eigenvalue weighted by atomic mass is 10.1. The van der Waals surface area contributed by atoms with Crippen LogP contribution in [0.1, 0.15) is 33.6 Å². The number of amides is 2. The van der Waals surface area contributed by atoms with Gasteiger partial charge in [0.15, 0.2) is 23.0 Å². The summed E-state index contributed by atoms with van der Waals surface area (Å²) in [6, 6.07) is 6.49. The molecule has 1 unspecified atom stereocenters. The van der Waals surface area contributed by atoms with Crippen molar-refractivity contribution < 1.29 is 33.1 Å². The minimum absolute atomic E-state index is 0.122. The van der Waals surface area contributed by atoms with Crippen LogP contribution in [0.5, 0.6) is 23.0 Å². The summed E-state index contributed by atoms with van der Waals surface area (Å²) in [5.74, 6) is 2.06. The number of methoxy groups -OCH3 is 2. The van der Waals surface area contributed by atoms with Crippen molar-refractivity contribution in [3.8, 4) is 23.0 Å². The predicted molar refractivity (Wildman–Crippen MR) is 198 cm³/mol. The smallest absolute Gasteiger partial charge is 0.257 e. The van der Waals surface area contributed by atoms with Gasteiger partial charge in [-0.05, 0) is 31.2 Å². The van der Waals surface area contributed by atoms with Crippen LogP contribution < -0.4 is 18.9 Å². The first-order valence-electron chi connectivity index (χ1n) is 16.1. The molecule has 6 rings (SSSR count). The molecule has 2 saturated heterocycles. The molecule has 4 heterocycles. The fourth-order valence-electron chi connectivity index (χ4n) is 6.48. The Morgan fingerprint density at radius 3 is 1.65 bits per heavy atom. The van der Waals surface area contributed by atoms with E-state index in [0.717, 1.165) is 11.1 Å². The van der Waals surface area contributed by atoms with Gasteiger partial charge in [-0.1, -0.05) is 35.5 Å². The molecule has 2 fully saturated rings. The van der Waals surface area contributed by atoms with Gasteiger partial charge in [-0.3, -0.25) is 19.6 Å². The molecule has 2 aromatic rings. The molecule has 0 saturated carbocycles. The van der Waals surface area contributed by atoms with Crippen LogP contribution in [0, 0.1) is 0 Å². The first-order valence-corrected chi connectivity index (χ1v) is 21.1. The molecule has 2 amide bonds. The second-order valence-electron chi connectivity index (χ2n) is 12.7. The van der Waals surface area contributed by atoms with Crippen LogP contribution in [0.4, 0.5) is 11.4 Å². The average Bonchev–Trinajstić information content (AvgIpc) is 3.59. The minimum Gasteiger partial charge on any atom is -0.493 e. The molecule has 4 aliphatic rings. The number of nitrogens with zero attached hydrogens (tertiary/aromatic N) is 4. The lowest BCUT2D eigenvalue weighted by molar-refractivity contribution is 0.0769. The van der Waals surface area contributed by atoms with Crippen LogP contribution in [0.25, 0.3) is 0 Å². The molecule has 0 spiro atoms. The van der Waals surface area contributed by atoms with Gasteiger partial charge in [0, 0.05) is 61.9 Å². The quantitative estimate of drug-likeness (QED) is 0.204. The van der Waals surface area contributed by atoms with Crippen molar-refractivity contribution in [3.05, 3.63) is 59.7 Å². The highest BCUT2D eigenvalue weighted by Gasteiger charge is 2.36. The molecule has 0 bridgehead atoms. The molecule has 260 valence electrons. The third kappa shape index (κ3) is 7.54. The predicted octanol–water partition coefficient (Wildman–Crippen LogP) is 5.21. The monoisotopic (exact) mass is 724 g/mol. The number of carbonyl (C=O) groups excluding carboxylic acids is 2. The Hall–Kier alpha value is -3.80. The van der Waals surface area contributed by atoms with Gasteiger partial charge in [0.25, 0.3) is 11.8 Å². The average molecular weight is 725 g/mol. The highest BCUT2D eigenvalue weighted by Crippen LogP contribution is 2.46. The van der Waals surface area contributed by atoms with Gasteiger partial charge in [0.05, 0.1) is 69.2 Å². The lowest BCUT2D eigenvalue weighted by Gasteiger charge is -2.22. The number of carbonyl (C=O) groups is 2. The van der Waals surface area contributed by atoms with E-state index in [2.05, 4.69) is 23.1 Å². The SMILES string of the molecule is C=C1C[C@H]2C=Nc3cc(OCCP(=O)(CCOc4cc5c(cc4OC)C(=O)N4CC(=C)C[C@H]4C=N5)CCS(C)=S)c(OC)cc3C(=O)N2C1. The Morgan fingerprint density at radius 2 is 1.24 bits per heavy atom. The fourth-order valence-corrected chi connectivity index (χ4v) is 11.0. The summed E-state index contributed by atoms with van der Waals surface area (Å²) in [6.45, 7) is 9.40. The van der Waals surface area contributed by atoms with Crippen LogP contribution in [-0.2, 0) is 25.2 Å². The Bertz CT molecular complexity index is 1720. The van der Waals surface area contributed by atoms with Gasteiger partial charge in [-0.25, -0.2) is 0 Å². The van der Waals surface area contributed by atoms with E-state index in [9.17, 15) is 14.2 Å². The molecule has 14 heteroatoms. The molecule has 4 aliphatic heterocycles. The highest BCUT2D eigenvalue weighted by molar-refractivity contribution is 8.28. The van der Waals surface area contributed by atoms with Crippen LogP contribution in [0.3, 0.4) is 0 Å². The molecule has 2 aromatic carbocycles. The summed E-state index contributed by atoms with van der Waals surface area (Å²) >= 11 is 5.43. The second kappa shape index (κ2) is 14.6. The Morgan fingerprint density at radius 1 is 0.796 bits per heavy atom.